The summed E-state index contributed by atoms with van der Waals surface area (Å²) in [6.07, 6.45) is 1.05. The van der Waals surface area contributed by atoms with Gasteiger partial charge in [-0.05, 0) is 29.5 Å². The SMILES string of the molecule is COCCC1CNCc2c(Cl)cccc21. The number of rotatable bonds is 3. The molecule has 1 aliphatic heterocycles. The first-order valence-corrected chi connectivity index (χ1v) is 5.67. The fourth-order valence-corrected chi connectivity index (χ4v) is 2.39. The zero-order valence-electron chi connectivity index (χ0n) is 8.92. The number of benzene rings is 1. The first kappa shape index (κ1) is 10.9. The largest absolute Gasteiger partial charge is 0.385 e. The van der Waals surface area contributed by atoms with E-state index in [-0.39, 0.29) is 0 Å². The van der Waals surface area contributed by atoms with Crippen LogP contribution in [0.1, 0.15) is 23.5 Å². The lowest BCUT2D eigenvalue weighted by atomic mass is 9.89. The molecule has 1 unspecified atom stereocenters. The van der Waals surface area contributed by atoms with Crippen molar-refractivity contribution in [3.63, 3.8) is 0 Å². The Bertz CT molecular complexity index is 340. The summed E-state index contributed by atoms with van der Waals surface area (Å²) in [5.41, 5.74) is 2.64. The number of methoxy groups -OCH3 is 1. The zero-order chi connectivity index (χ0) is 10.7. The molecule has 1 aliphatic rings. The van der Waals surface area contributed by atoms with Crippen molar-refractivity contribution in [3.8, 4) is 0 Å². The highest BCUT2D eigenvalue weighted by molar-refractivity contribution is 6.31. The molecule has 0 saturated heterocycles. The van der Waals surface area contributed by atoms with Gasteiger partial charge in [0, 0.05) is 31.8 Å². The van der Waals surface area contributed by atoms with Crippen LogP contribution in [-0.4, -0.2) is 20.3 Å². The summed E-state index contributed by atoms with van der Waals surface area (Å²) in [5.74, 6) is 0.535. The van der Waals surface area contributed by atoms with Gasteiger partial charge in [0.05, 0.1) is 0 Å². The van der Waals surface area contributed by atoms with Gasteiger partial charge in [0.25, 0.3) is 0 Å². The van der Waals surface area contributed by atoms with Gasteiger partial charge in [-0.15, -0.1) is 0 Å². The Hall–Kier alpha value is -0.570. The summed E-state index contributed by atoms with van der Waals surface area (Å²) < 4.78 is 5.13. The Kier molecular flexibility index (Phi) is 3.62. The van der Waals surface area contributed by atoms with E-state index in [1.807, 2.05) is 12.1 Å². The third-order valence-electron chi connectivity index (χ3n) is 2.96. The molecule has 3 heteroatoms. The van der Waals surface area contributed by atoms with Crippen LogP contribution in [0.15, 0.2) is 18.2 Å². The molecule has 2 nitrogen and oxygen atoms in total. The number of halogens is 1. The smallest absolute Gasteiger partial charge is 0.0468 e. The van der Waals surface area contributed by atoms with Gasteiger partial charge in [-0.1, -0.05) is 23.7 Å². The second-order valence-corrected chi connectivity index (χ2v) is 4.32. The lowest BCUT2D eigenvalue weighted by molar-refractivity contribution is 0.186. The molecular formula is C12H16ClNO. The Labute approximate surface area is 95.6 Å². The van der Waals surface area contributed by atoms with E-state index in [4.69, 9.17) is 16.3 Å². The van der Waals surface area contributed by atoms with Gasteiger partial charge < -0.3 is 10.1 Å². The third kappa shape index (κ3) is 2.33. The molecule has 1 N–H and O–H groups in total. The van der Waals surface area contributed by atoms with Crippen molar-refractivity contribution in [2.75, 3.05) is 20.3 Å². The van der Waals surface area contributed by atoms with E-state index in [9.17, 15) is 0 Å². The average molecular weight is 226 g/mol. The Morgan fingerprint density at radius 3 is 3.20 bits per heavy atom. The van der Waals surface area contributed by atoms with Crippen LogP contribution in [0.5, 0.6) is 0 Å². The molecule has 1 atom stereocenters. The standard InChI is InChI=1S/C12H16ClNO/c1-15-6-5-9-7-14-8-11-10(9)3-2-4-12(11)13/h2-4,9,14H,5-8H2,1H3. The molecular weight excluding hydrogens is 210 g/mol. The predicted molar refractivity (Wildman–Crippen MR) is 62.4 cm³/mol. The van der Waals surface area contributed by atoms with E-state index in [2.05, 4.69) is 11.4 Å². The van der Waals surface area contributed by atoms with Crippen LogP contribution in [0.2, 0.25) is 5.02 Å². The van der Waals surface area contributed by atoms with E-state index in [1.165, 1.54) is 11.1 Å². The van der Waals surface area contributed by atoms with Crippen molar-refractivity contribution < 1.29 is 4.74 Å². The van der Waals surface area contributed by atoms with Gasteiger partial charge in [0.15, 0.2) is 0 Å². The van der Waals surface area contributed by atoms with Crippen LogP contribution in [0.4, 0.5) is 0 Å². The minimum atomic E-state index is 0.535. The maximum Gasteiger partial charge on any atom is 0.0468 e. The average Bonchev–Trinajstić information content (AvgIpc) is 2.27. The van der Waals surface area contributed by atoms with E-state index in [0.717, 1.165) is 31.1 Å². The predicted octanol–water partition coefficient (Wildman–Crippen LogP) is 2.56. The second kappa shape index (κ2) is 4.97. The number of fused-ring (bicyclic) bond motifs is 1. The lowest BCUT2D eigenvalue weighted by Gasteiger charge is -2.26. The van der Waals surface area contributed by atoms with Gasteiger partial charge in [0.2, 0.25) is 0 Å². The first-order valence-electron chi connectivity index (χ1n) is 5.30. The minimum Gasteiger partial charge on any atom is -0.385 e. The molecule has 0 radical (unpaired) electrons. The van der Waals surface area contributed by atoms with Gasteiger partial charge in [-0.25, -0.2) is 0 Å². The number of hydrogen-bond donors (Lipinski definition) is 1. The topological polar surface area (TPSA) is 21.3 Å². The Morgan fingerprint density at radius 1 is 1.53 bits per heavy atom. The molecule has 1 aromatic carbocycles. The van der Waals surface area contributed by atoms with E-state index < -0.39 is 0 Å². The molecule has 0 aliphatic carbocycles. The van der Waals surface area contributed by atoms with Crippen LogP contribution < -0.4 is 5.32 Å². The fraction of sp³-hybridized carbons (Fsp3) is 0.500. The highest BCUT2D eigenvalue weighted by atomic mass is 35.5. The van der Waals surface area contributed by atoms with Crippen LogP contribution in [0.25, 0.3) is 0 Å². The molecule has 0 fully saturated rings. The first-order chi connectivity index (χ1) is 7.33. The second-order valence-electron chi connectivity index (χ2n) is 3.92. The van der Waals surface area contributed by atoms with E-state index in [0.29, 0.717) is 5.92 Å². The Balaban J connectivity index is 2.22. The molecule has 15 heavy (non-hydrogen) atoms. The summed E-state index contributed by atoms with van der Waals surface area (Å²) in [4.78, 5) is 0. The monoisotopic (exact) mass is 225 g/mol. The molecule has 2 rings (SSSR count). The van der Waals surface area contributed by atoms with Crippen molar-refractivity contribution in [3.05, 3.63) is 34.3 Å². The lowest BCUT2D eigenvalue weighted by Crippen LogP contribution is -2.29. The number of ether oxygens (including phenoxy) is 1. The molecule has 0 amide bonds. The maximum absolute atomic E-state index is 6.17. The van der Waals surface area contributed by atoms with Crippen molar-refractivity contribution in [2.45, 2.75) is 18.9 Å². The van der Waals surface area contributed by atoms with Crippen molar-refractivity contribution in [2.24, 2.45) is 0 Å². The molecule has 82 valence electrons. The van der Waals surface area contributed by atoms with Crippen LogP contribution in [-0.2, 0) is 11.3 Å². The van der Waals surface area contributed by atoms with Crippen LogP contribution in [0.3, 0.4) is 0 Å². The summed E-state index contributed by atoms with van der Waals surface area (Å²) in [7, 11) is 1.75. The summed E-state index contributed by atoms with van der Waals surface area (Å²) in [5, 5.41) is 4.28. The zero-order valence-corrected chi connectivity index (χ0v) is 9.68. The van der Waals surface area contributed by atoms with Crippen molar-refractivity contribution >= 4 is 11.6 Å². The molecule has 0 saturated carbocycles. The molecule has 0 spiro atoms. The molecule has 0 aromatic heterocycles. The molecule has 1 aromatic rings. The van der Waals surface area contributed by atoms with E-state index in [1.54, 1.807) is 7.11 Å². The minimum absolute atomic E-state index is 0.535. The Morgan fingerprint density at radius 2 is 2.40 bits per heavy atom. The highest BCUT2D eigenvalue weighted by Crippen LogP contribution is 2.30. The third-order valence-corrected chi connectivity index (χ3v) is 3.31. The number of hydrogen-bond acceptors (Lipinski definition) is 2. The summed E-state index contributed by atoms with van der Waals surface area (Å²) >= 11 is 6.17. The van der Waals surface area contributed by atoms with Crippen LogP contribution >= 0.6 is 11.6 Å². The van der Waals surface area contributed by atoms with Gasteiger partial charge >= 0.3 is 0 Å². The van der Waals surface area contributed by atoms with Gasteiger partial charge in [0.1, 0.15) is 0 Å². The van der Waals surface area contributed by atoms with E-state index >= 15 is 0 Å². The highest BCUT2D eigenvalue weighted by Gasteiger charge is 2.20. The quantitative estimate of drug-likeness (QED) is 0.854. The van der Waals surface area contributed by atoms with Gasteiger partial charge in [-0.3, -0.25) is 0 Å². The van der Waals surface area contributed by atoms with Crippen molar-refractivity contribution in [1.82, 2.24) is 5.32 Å². The summed E-state index contributed by atoms with van der Waals surface area (Å²) in [6, 6.07) is 6.18. The molecule has 0 bridgehead atoms. The van der Waals surface area contributed by atoms with Crippen molar-refractivity contribution in [1.29, 1.82) is 0 Å². The normalized spacial score (nSPS) is 20.0. The maximum atomic E-state index is 6.17. The van der Waals surface area contributed by atoms with Crippen LogP contribution in [0, 0.1) is 0 Å². The fourth-order valence-electron chi connectivity index (χ4n) is 2.14. The van der Waals surface area contributed by atoms with Gasteiger partial charge in [-0.2, -0.15) is 0 Å². The molecule has 1 heterocycles. The summed E-state index contributed by atoms with van der Waals surface area (Å²) in [6.45, 7) is 2.72. The number of nitrogens with one attached hydrogen (secondary N) is 1.